The normalized spacial score (nSPS) is 22.6. The molecular weight excluding hydrogens is 264 g/mol. The van der Waals surface area contributed by atoms with Crippen LogP contribution in [0.1, 0.15) is 12.8 Å². The summed E-state index contributed by atoms with van der Waals surface area (Å²) in [4.78, 5) is 17.8. The Balaban J connectivity index is 2.15. The molecule has 1 aromatic rings. The van der Waals surface area contributed by atoms with E-state index in [1.54, 1.807) is 6.20 Å². The van der Waals surface area contributed by atoms with Gasteiger partial charge in [0.1, 0.15) is 17.2 Å². The van der Waals surface area contributed by atoms with Crippen LogP contribution in [0, 0.1) is 11.3 Å². The van der Waals surface area contributed by atoms with Crippen molar-refractivity contribution in [2.45, 2.75) is 18.4 Å². The standard InChI is InChI=1S/C13H15ClN4O/c14-8-12(19)17-13(9-15)5-3-7-18(10-13)11-4-1-2-6-16-11/h1-2,4,6H,3,5,7-8,10H2,(H,17,19). The Morgan fingerprint density at radius 3 is 3.11 bits per heavy atom. The van der Waals surface area contributed by atoms with Gasteiger partial charge in [-0.3, -0.25) is 4.79 Å². The Morgan fingerprint density at radius 1 is 1.63 bits per heavy atom. The second-order valence-corrected chi connectivity index (χ2v) is 4.86. The molecule has 0 saturated carbocycles. The lowest BCUT2D eigenvalue weighted by Crippen LogP contribution is -2.58. The molecule has 0 bridgehead atoms. The van der Waals surface area contributed by atoms with Crippen molar-refractivity contribution in [2.75, 3.05) is 23.9 Å². The molecule has 19 heavy (non-hydrogen) atoms. The highest BCUT2D eigenvalue weighted by Crippen LogP contribution is 2.24. The third kappa shape index (κ3) is 3.15. The molecule has 1 aromatic heterocycles. The highest BCUT2D eigenvalue weighted by Gasteiger charge is 2.37. The zero-order chi connectivity index (χ0) is 13.7. The number of amides is 1. The molecule has 6 heteroatoms. The molecule has 0 aliphatic carbocycles. The predicted octanol–water partition coefficient (Wildman–Crippen LogP) is 1.30. The molecule has 0 aromatic carbocycles. The van der Waals surface area contributed by atoms with Gasteiger partial charge in [-0.05, 0) is 25.0 Å². The molecular formula is C13H15ClN4O. The van der Waals surface area contributed by atoms with Gasteiger partial charge < -0.3 is 10.2 Å². The Bertz CT molecular complexity index is 487. The van der Waals surface area contributed by atoms with Gasteiger partial charge in [0.05, 0.1) is 12.6 Å². The van der Waals surface area contributed by atoms with E-state index in [-0.39, 0.29) is 11.8 Å². The topological polar surface area (TPSA) is 69.0 Å². The summed E-state index contributed by atoms with van der Waals surface area (Å²) in [5.41, 5.74) is -0.873. The van der Waals surface area contributed by atoms with Gasteiger partial charge in [0, 0.05) is 12.7 Å². The molecule has 1 fully saturated rings. The summed E-state index contributed by atoms with van der Waals surface area (Å²) >= 11 is 5.50. The largest absolute Gasteiger partial charge is 0.353 e. The number of hydrogen-bond donors (Lipinski definition) is 1. The number of nitrogens with zero attached hydrogens (tertiary/aromatic N) is 3. The predicted molar refractivity (Wildman–Crippen MR) is 72.9 cm³/mol. The van der Waals surface area contributed by atoms with Crippen molar-refractivity contribution in [2.24, 2.45) is 0 Å². The number of hydrogen-bond acceptors (Lipinski definition) is 4. The minimum atomic E-state index is -0.873. The van der Waals surface area contributed by atoms with Crippen LogP contribution in [0.3, 0.4) is 0 Å². The second-order valence-electron chi connectivity index (χ2n) is 4.59. The molecule has 2 heterocycles. The highest BCUT2D eigenvalue weighted by molar-refractivity contribution is 6.27. The first-order valence-corrected chi connectivity index (χ1v) is 6.67. The van der Waals surface area contributed by atoms with Gasteiger partial charge in [-0.15, -0.1) is 11.6 Å². The number of alkyl halides is 1. The molecule has 1 unspecified atom stereocenters. The van der Waals surface area contributed by atoms with E-state index in [1.165, 1.54) is 0 Å². The van der Waals surface area contributed by atoms with E-state index in [9.17, 15) is 10.1 Å². The fraction of sp³-hybridized carbons (Fsp3) is 0.462. The highest BCUT2D eigenvalue weighted by atomic mass is 35.5. The Labute approximate surface area is 117 Å². The maximum absolute atomic E-state index is 11.5. The zero-order valence-electron chi connectivity index (χ0n) is 10.5. The lowest BCUT2D eigenvalue weighted by molar-refractivity contribution is -0.120. The van der Waals surface area contributed by atoms with E-state index in [1.807, 2.05) is 23.1 Å². The SMILES string of the molecule is N#CC1(NC(=O)CCl)CCCN(c2ccccn2)C1. The Kier molecular flexibility index (Phi) is 4.23. The van der Waals surface area contributed by atoms with Crippen LogP contribution in [0.25, 0.3) is 0 Å². The van der Waals surface area contributed by atoms with Crippen LogP contribution in [0.15, 0.2) is 24.4 Å². The van der Waals surface area contributed by atoms with Gasteiger partial charge >= 0.3 is 0 Å². The summed E-state index contributed by atoms with van der Waals surface area (Å²) in [6.07, 6.45) is 3.18. The number of halogens is 1. The monoisotopic (exact) mass is 278 g/mol. The molecule has 2 rings (SSSR count). The summed E-state index contributed by atoms with van der Waals surface area (Å²) < 4.78 is 0. The summed E-state index contributed by atoms with van der Waals surface area (Å²) in [6, 6.07) is 7.87. The van der Waals surface area contributed by atoms with E-state index >= 15 is 0 Å². The van der Waals surface area contributed by atoms with E-state index < -0.39 is 5.54 Å². The number of nitriles is 1. The number of pyridine rings is 1. The summed E-state index contributed by atoms with van der Waals surface area (Å²) in [5.74, 6) is 0.376. The van der Waals surface area contributed by atoms with Crippen LogP contribution in [0.2, 0.25) is 0 Å². The molecule has 1 N–H and O–H groups in total. The minimum Gasteiger partial charge on any atom is -0.353 e. The van der Waals surface area contributed by atoms with Crippen molar-refractivity contribution in [3.8, 4) is 6.07 Å². The summed E-state index contributed by atoms with van der Waals surface area (Å²) in [6.45, 7) is 1.26. The van der Waals surface area contributed by atoms with Crippen molar-refractivity contribution < 1.29 is 4.79 Å². The number of anilines is 1. The number of rotatable bonds is 3. The van der Waals surface area contributed by atoms with Gasteiger partial charge in [-0.2, -0.15) is 5.26 Å². The number of nitrogens with one attached hydrogen (secondary N) is 1. The van der Waals surface area contributed by atoms with Crippen molar-refractivity contribution in [1.29, 1.82) is 5.26 Å². The molecule has 0 spiro atoms. The molecule has 1 aliphatic heterocycles. The summed E-state index contributed by atoms with van der Waals surface area (Å²) in [7, 11) is 0. The van der Waals surface area contributed by atoms with Crippen molar-refractivity contribution in [1.82, 2.24) is 10.3 Å². The van der Waals surface area contributed by atoms with E-state index in [0.717, 1.165) is 18.8 Å². The molecule has 1 saturated heterocycles. The van der Waals surface area contributed by atoms with Crippen LogP contribution >= 0.6 is 11.6 Å². The number of carbonyl (C=O) groups excluding carboxylic acids is 1. The fourth-order valence-corrected chi connectivity index (χ4v) is 2.38. The smallest absolute Gasteiger partial charge is 0.236 e. The lowest BCUT2D eigenvalue weighted by atomic mass is 9.90. The zero-order valence-corrected chi connectivity index (χ0v) is 11.2. The second kappa shape index (κ2) is 5.89. The van der Waals surface area contributed by atoms with E-state index in [0.29, 0.717) is 13.0 Å². The molecule has 0 radical (unpaired) electrons. The first kappa shape index (κ1) is 13.6. The van der Waals surface area contributed by atoms with Gasteiger partial charge in [-0.25, -0.2) is 4.98 Å². The van der Waals surface area contributed by atoms with Crippen molar-refractivity contribution >= 4 is 23.3 Å². The van der Waals surface area contributed by atoms with Crippen LogP contribution in [0.5, 0.6) is 0 Å². The maximum atomic E-state index is 11.5. The van der Waals surface area contributed by atoms with E-state index in [2.05, 4.69) is 16.4 Å². The molecule has 1 amide bonds. The van der Waals surface area contributed by atoms with Crippen LogP contribution in [-0.2, 0) is 4.79 Å². The Morgan fingerprint density at radius 2 is 2.47 bits per heavy atom. The Hall–Kier alpha value is -1.80. The van der Waals surface area contributed by atoms with Gasteiger partial charge in [0.25, 0.3) is 0 Å². The lowest BCUT2D eigenvalue weighted by Gasteiger charge is -2.39. The molecule has 1 atom stereocenters. The number of carbonyl (C=O) groups is 1. The fourth-order valence-electron chi connectivity index (χ4n) is 2.31. The van der Waals surface area contributed by atoms with Gasteiger partial charge in [0.2, 0.25) is 5.91 Å². The molecule has 100 valence electrons. The van der Waals surface area contributed by atoms with Gasteiger partial charge in [0.15, 0.2) is 0 Å². The average Bonchev–Trinajstić information content (AvgIpc) is 2.48. The maximum Gasteiger partial charge on any atom is 0.236 e. The average molecular weight is 279 g/mol. The summed E-state index contributed by atoms with van der Waals surface area (Å²) in [5, 5.41) is 12.1. The number of piperidine rings is 1. The first-order chi connectivity index (χ1) is 9.19. The number of aromatic nitrogens is 1. The van der Waals surface area contributed by atoms with Crippen molar-refractivity contribution in [3.05, 3.63) is 24.4 Å². The third-order valence-electron chi connectivity index (χ3n) is 3.18. The molecule has 1 aliphatic rings. The van der Waals surface area contributed by atoms with Gasteiger partial charge in [-0.1, -0.05) is 6.07 Å². The minimum absolute atomic E-state index is 0.132. The third-order valence-corrected chi connectivity index (χ3v) is 3.42. The van der Waals surface area contributed by atoms with E-state index in [4.69, 9.17) is 11.6 Å². The van der Waals surface area contributed by atoms with Crippen molar-refractivity contribution in [3.63, 3.8) is 0 Å². The van der Waals surface area contributed by atoms with Crippen LogP contribution in [0.4, 0.5) is 5.82 Å². The molecule has 5 nitrogen and oxygen atoms in total. The first-order valence-electron chi connectivity index (χ1n) is 6.13. The quantitative estimate of drug-likeness (QED) is 0.846. The van der Waals surface area contributed by atoms with Crippen LogP contribution < -0.4 is 10.2 Å². The van der Waals surface area contributed by atoms with Crippen LogP contribution in [-0.4, -0.2) is 35.4 Å².